The third-order valence-corrected chi connectivity index (χ3v) is 3.43. The summed E-state index contributed by atoms with van der Waals surface area (Å²) in [5.74, 6) is -1.27. The number of carbonyl (C=O) groups excluding carboxylic acids is 3. The van der Waals surface area contributed by atoms with E-state index in [-0.39, 0.29) is 11.3 Å². The zero-order chi connectivity index (χ0) is 17.7. The number of nitrogens with two attached hydrogens (primary N) is 1. The van der Waals surface area contributed by atoms with Gasteiger partial charge in [-0.15, -0.1) is 0 Å². The summed E-state index contributed by atoms with van der Waals surface area (Å²) in [7, 11) is 0. The Labute approximate surface area is 139 Å². The molecule has 0 bridgehead atoms. The third kappa shape index (κ3) is 4.19. The molecule has 0 aliphatic carbocycles. The van der Waals surface area contributed by atoms with Crippen LogP contribution in [0.4, 0.5) is 11.4 Å². The van der Waals surface area contributed by atoms with E-state index in [9.17, 15) is 14.4 Å². The number of amides is 1. The highest BCUT2D eigenvalue weighted by molar-refractivity contribution is 5.99. The highest BCUT2D eigenvalue weighted by Gasteiger charge is 2.14. The van der Waals surface area contributed by atoms with Crippen LogP contribution in [0.5, 0.6) is 0 Å². The first kappa shape index (κ1) is 17.2. The second-order valence-corrected chi connectivity index (χ2v) is 5.30. The van der Waals surface area contributed by atoms with Crippen molar-refractivity contribution < 1.29 is 19.1 Å². The van der Waals surface area contributed by atoms with Gasteiger partial charge in [0.2, 0.25) is 0 Å². The van der Waals surface area contributed by atoms with Gasteiger partial charge in [-0.2, -0.15) is 0 Å². The van der Waals surface area contributed by atoms with Gasteiger partial charge in [-0.25, -0.2) is 4.79 Å². The van der Waals surface area contributed by atoms with Crippen LogP contribution in [-0.4, -0.2) is 24.3 Å². The number of hydrogen-bond acceptors (Lipinski definition) is 5. The van der Waals surface area contributed by atoms with Gasteiger partial charge >= 0.3 is 5.97 Å². The van der Waals surface area contributed by atoms with E-state index in [4.69, 9.17) is 10.5 Å². The van der Waals surface area contributed by atoms with Crippen molar-refractivity contribution in [2.45, 2.75) is 13.8 Å². The van der Waals surface area contributed by atoms with E-state index in [1.807, 2.05) is 0 Å². The van der Waals surface area contributed by atoms with Crippen LogP contribution in [0.25, 0.3) is 0 Å². The molecular formula is C18H18N2O4. The summed E-state index contributed by atoms with van der Waals surface area (Å²) in [5, 5.41) is 2.57. The van der Waals surface area contributed by atoms with Crippen LogP contribution in [0.1, 0.15) is 33.2 Å². The summed E-state index contributed by atoms with van der Waals surface area (Å²) in [5.41, 5.74) is 8.08. The molecule has 0 spiro atoms. The number of nitrogens with one attached hydrogen (secondary N) is 1. The lowest BCUT2D eigenvalue weighted by Crippen LogP contribution is -2.21. The van der Waals surface area contributed by atoms with Gasteiger partial charge in [0.1, 0.15) is 0 Å². The lowest BCUT2D eigenvalue weighted by Gasteiger charge is -2.09. The summed E-state index contributed by atoms with van der Waals surface area (Å²) in [6.45, 7) is 2.77. The molecular weight excluding hydrogens is 308 g/mol. The summed E-state index contributed by atoms with van der Waals surface area (Å²) < 4.78 is 4.98. The number of esters is 1. The fourth-order valence-electron chi connectivity index (χ4n) is 2.08. The molecule has 6 nitrogen and oxygen atoms in total. The summed E-state index contributed by atoms with van der Waals surface area (Å²) in [6, 6.07) is 11.5. The zero-order valence-electron chi connectivity index (χ0n) is 13.5. The van der Waals surface area contributed by atoms with E-state index in [1.54, 1.807) is 49.4 Å². The van der Waals surface area contributed by atoms with Crippen molar-refractivity contribution in [3.63, 3.8) is 0 Å². The van der Waals surface area contributed by atoms with Crippen molar-refractivity contribution in [1.82, 2.24) is 0 Å². The Morgan fingerprint density at radius 1 is 1.12 bits per heavy atom. The summed E-state index contributed by atoms with van der Waals surface area (Å²) in [6.07, 6.45) is 0. The van der Waals surface area contributed by atoms with Crippen LogP contribution in [-0.2, 0) is 9.53 Å². The predicted molar refractivity (Wildman–Crippen MR) is 91.0 cm³/mol. The number of rotatable bonds is 5. The monoisotopic (exact) mass is 326 g/mol. The molecule has 0 fully saturated rings. The quantitative estimate of drug-likeness (QED) is 0.500. The molecule has 0 aromatic heterocycles. The van der Waals surface area contributed by atoms with Gasteiger partial charge in [-0.1, -0.05) is 24.3 Å². The predicted octanol–water partition coefficient (Wildman–Crippen LogP) is 2.58. The molecule has 0 saturated heterocycles. The minimum atomic E-state index is -0.663. The molecule has 0 aliphatic rings. The fraction of sp³-hybridized carbons (Fsp3) is 0.167. The van der Waals surface area contributed by atoms with Crippen LogP contribution in [0, 0.1) is 6.92 Å². The standard InChI is InChI=1S/C18H18N2O4/c1-11-5-3-8-15(17(11)19)18(23)24-10-16(22)20-14-7-4-6-13(9-14)12(2)21/h3-9H,10,19H2,1-2H3,(H,20,22). The molecule has 24 heavy (non-hydrogen) atoms. The largest absolute Gasteiger partial charge is 0.452 e. The van der Waals surface area contributed by atoms with Crippen molar-refractivity contribution in [2.75, 3.05) is 17.7 Å². The number of benzene rings is 2. The molecule has 2 aromatic carbocycles. The number of Topliss-reactive ketones (excluding diaryl/α,β-unsaturated/α-hetero) is 1. The molecule has 0 saturated carbocycles. The van der Waals surface area contributed by atoms with Gasteiger partial charge in [0.15, 0.2) is 12.4 Å². The number of anilines is 2. The number of ketones is 1. The minimum absolute atomic E-state index is 0.104. The number of carbonyl (C=O) groups is 3. The maximum Gasteiger partial charge on any atom is 0.340 e. The molecule has 0 radical (unpaired) electrons. The number of aryl methyl sites for hydroxylation is 1. The second-order valence-electron chi connectivity index (χ2n) is 5.30. The van der Waals surface area contributed by atoms with Crippen LogP contribution >= 0.6 is 0 Å². The zero-order valence-corrected chi connectivity index (χ0v) is 13.5. The normalized spacial score (nSPS) is 10.1. The molecule has 2 aromatic rings. The molecule has 0 atom stereocenters. The van der Waals surface area contributed by atoms with Gasteiger partial charge < -0.3 is 15.8 Å². The molecule has 3 N–H and O–H groups in total. The van der Waals surface area contributed by atoms with Gasteiger partial charge in [0, 0.05) is 16.9 Å². The Bertz CT molecular complexity index is 799. The Morgan fingerprint density at radius 2 is 1.83 bits per heavy atom. The van der Waals surface area contributed by atoms with E-state index in [0.717, 1.165) is 5.56 Å². The summed E-state index contributed by atoms with van der Waals surface area (Å²) in [4.78, 5) is 35.2. The maximum absolute atomic E-state index is 12.0. The molecule has 0 heterocycles. The lowest BCUT2D eigenvalue weighted by molar-refractivity contribution is -0.119. The molecule has 124 valence electrons. The number of ether oxygens (including phenoxy) is 1. The number of nitrogen functional groups attached to an aromatic ring is 1. The molecule has 6 heteroatoms. The molecule has 0 aliphatic heterocycles. The Kier molecular flexibility index (Phi) is 5.31. The van der Waals surface area contributed by atoms with Crippen molar-refractivity contribution in [2.24, 2.45) is 0 Å². The average Bonchev–Trinajstić information content (AvgIpc) is 2.55. The Morgan fingerprint density at radius 3 is 2.54 bits per heavy atom. The third-order valence-electron chi connectivity index (χ3n) is 3.43. The van der Waals surface area contributed by atoms with Crippen molar-refractivity contribution >= 4 is 29.0 Å². The van der Waals surface area contributed by atoms with E-state index in [1.165, 1.54) is 6.92 Å². The second kappa shape index (κ2) is 7.41. The van der Waals surface area contributed by atoms with E-state index >= 15 is 0 Å². The topological polar surface area (TPSA) is 98.5 Å². The smallest absolute Gasteiger partial charge is 0.340 e. The molecule has 2 rings (SSSR count). The number of para-hydroxylation sites is 1. The Balaban J connectivity index is 1.96. The number of hydrogen-bond donors (Lipinski definition) is 2. The first-order valence-corrected chi connectivity index (χ1v) is 7.31. The van der Waals surface area contributed by atoms with Gasteiger partial charge in [0.25, 0.3) is 5.91 Å². The van der Waals surface area contributed by atoms with Gasteiger partial charge in [-0.3, -0.25) is 9.59 Å². The van der Waals surface area contributed by atoms with E-state index in [2.05, 4.69) is 5.32 Å². The Hall–Kier alpha value is -3.15. The molecule has 0 unspecified atom stereocenters. The van der Waals surface area contributed by atoms with Gasteiger partial charge in [0.05, 0.1) is 5.56 Å². The average molecular weight is 326 g/mol. The fourth-order valence-corrected chi connectivity index (χ4v) is 2.08. The van der Waals surface area contributed by atoms with Crippen LogP contribution in [0.15, 0.2) is 42.5 Å². The highest BCUT2D eigenvalue weighted by atomic mass is 16.5. The summed E-state index contributed by atoms with van der Waals surface area (Å²) >= 11 is 0. The van der Waals surface area contributed by atoms with Gasteiger partial charge in [-0.05, 0) is 37.6 Å². The van der Waals surface area contributed by atoms with Crippen LogP contribution in [0.2, 0.25) is 0 Å². The highest BCUT2D eigenvalue weighted by Crippen LogP contribution is 2.17. The van der Waals surface area contributed by atoms with Crippen molar-refractivity contribution in [3.8, 4) is 0 Å². The van der Waals surface area contributed by atoms with Crippen molar-refractivity contribution in [3.05, 3.63) is 59.2 Å². The van der Waals surface area contributed by atoms with Crippen LogP contribution < -0.4 is 11.1 Å². The van der Waals surface area contributed by atoms with E-state index < -0.39 is 18.5 Å². The van der Waals surface area contributed by atoms with Crippen molar-refractivity contribution in [1.29, 1.82) is 0 Å². The molecule has 1 amide bonds. The van der Waals surface area contributed by atoms with Crippen LogP contribution in [0.3, 0.4) is 0 Å². The first-order valence-electron chi connectivity index (χ1n) is 7.31. The SMILES string of the molecule is CC(=O)c1cccc(NC(=O)COC(=O)c2cccc(C)c2N)c1. The maximum atomic E-state index is 12.0. The first-order chi connectivity index (χ1) is 11.4. The lowest BCUT2D eigenvalue weighted by atomic mass is 10.1. The minimum Gasteiger partial charge on any atom is -0.452 e. The van der Waals surface area contributed by atoms with E-state index in [0.29, 0.717) is 16.9 Å².